The Hall–Kier alpha value is -3.13. The van der Waals surface area contributed by atoms with Gasteiger partial charge in [0.15, 0.2) is 5.76 Å². The van der Waals surface area contributed by atoms with Gasteiger partial charge >= 0.3 is 0 Å². The van der Waals surface area contributed by atoms with Crippen LogP contribution in [-0.4, -0.2) is 44.2 Å². The Bertz CT molecular complexity index is 1090. The van der Waals surface area contributed by atoms with Crippen LogP contribution in [0.5, 0.6) is 0 Å². The maximum absolute atomic E-state index is 12.7. The average molecular weight is 413 g/mol. The zero-order valence-corrected chi connectivity index (χ0v) is 17.4. The van der Waals surface area contributed by atoms with Gasteiger partial charge in [0, 0.05) is 18.7 Å². The first kappa shape index (κ1) is 20.6. The molecule has 3 rings (SSSR count). The summed E-state index contributed by atoms with van der Waals surface area (Å²) >= 11 is 0. The van der Waals surface area contributed by atoms with E-state index in [1.165, 1.54) is 4.90 Å². The summed E-state index contributed by atoms with van der Waals surface area (Å²) in [5.41, 5.74) is 2.96. The molecule has 2 aromatic carbocycles. The Morgan fingerprint density at radius 1 is 1.07 bits per heavy atom. The summed E-state index contributed by atoms with van der Waals surface area (Å²) in [4.78, 5) is 14.1. The van der Waals surface area contributed by atoms with E-state index >= 15 is 0 Å². The molecule has 0 unspecified atom stereocenters. The molecule has 0 aliphatic heterocycles. The van der Waals surface area contributed by atoms with E-state index in [9.17, 15) is 13.2 Å². The summed E-state index contributed by atoms with van der Waals surface area (Å²) in [6.07, 6.45) is 1.09. The molecule has 0 spiro atoms. The van der Waals surface area contributed by atoms with Gasteiger partial charge in [-0.25, -0.2) is 8.42 Å². The highest BCUT2D eigenvalue weighted by Crippen LogP contribution is 2.21. The van der Waals surface area contributed by atoms with Gasteiger partial charge in [-0.1, -0.05) is 47.6 Å². The Kier molecular flexibility index (Phi) is 6.03. The van der Waals surface area contributed by atoms with Crippen molar-refractivity contribution in [3.63, 3.8) is 0 Å². The van der Waals surface area contributed by atoms with Crippen LogP contribution < -0.4 is 4.31 Å². The molecule has 0 saturated carbocycles. The van der Waals surface area contributed by atoms with Gasteiger partial charge in [-0.2, -0.15) is 0 Å². The number of carbonyl (C=O) groups excluding carboxylic acids is 1. The Balaban J connectivity index is 1.71. The smallest absolute Gasteiger partial charge is 0.243 e. The molecule has 0 aliphatic rings. The highest BCUT2D eigenvalue weighted by Gasteiger charge is 2.23. The van der Waals surface area contributed by atoms with E-state index < -0.39 is 10.0 Å². The molecule has 29 heavy (non-hydrogen) atoms. The first-order valence-electron chi connectivity index (χ1n) is 9.03. The van der Waals surface area contributed by atoms with Crippen LogP contribution in [0.2, 0.25) is 0 Å². The maximum atomic E-state index is 12.7. The van der Waals surface area contributed by atoms with Crippen molar-refractivity contribution in [2.75, 3.05) is 24.2 Å². The summed E-state index contributed by atoms with van der Waals surface area (Å²) in [5.74, 6) is 0.163. The normalized spacial score (nSPS) is 11.3. The molecule has 0 aliphatic carbocycles. The minimum absolute atomic E-state index is 0.185. The number of sulfonamides is 1. The molecule has 1 heterocycles. The number of aryl methyl sites for hydroxylation is 1. The number of benzene rings is 2. The second kappa shape index (κ2) is 8.48. The monoisotopic (exact) mass is 413 g/mol. The summed E-state index contributed by atoms with van der Waals surface area (Å²) in [7, 11) is -2.02. The number of likely N-dealkylation sites (N-methyl/N-ethyl adjacent to an activating group) is 1. The number of hydrogen-bond donors (Lipinski definition) is 0. The molecule has 0 radical (unpaired) electrons. The second-order valence-electron chi connectivity index (χ2n) is 6.90. The topological polar surface area (TPSA) is 83.7 Å². The second-order valence-corrected chi connectivity index (χ2v) is 8.81. The third-order valence-electron chi connectivity index (χ3n) is 4.42. The lowest BCUT2D eigenvalue weighted by atomic mass is 10.1. The Morgan fingerprint density at radius 3 is 2.45 bits per heavy atom. The number of carbonyl (C=O) groups is 1. The molecule has 8 heteroatoms. The van der Waals surface area contributed by atoms with Crippen LogP contribution in [0, 0.1) is 6.92 Å². The molecule has 0 bridgehead atoms. The third kappa shape index (κ3) is 5.23. The van der Waals surface area contributed by atoms with E-state index in [1.54, 1.807) is 31.3 Å². The summed E-state index contributed by atoms with van der Waals surface area (Å²) < 4.78 is 30.9. The highest BCUT2D eigenvalue weighted by atomic mass is 32.2. The van der Waals surface area contributed by atoms with Crippen LogP contribution >= 0.6 is 0 Å². The number of hydrogen-bond acceptors (Lipinski definition) is 5. The van der Waals surface area contributed by atoms with Crippen molar-refractivity contribution in [3.8, 4) is 11.3 Å². The van der Waals surface area contributed by atoms with Gasteiger partial charge in [0.1, 0.15) is 12.2 Å². The van der Waals surface area contributed by atoms with Gasteiger partial charge in [0.05, 0.1) is 18.5 Å². The lowest BCUT2D eigenvalue weighted by molar-refractivity contribution is -0.129. The number of nitrogens with zero attached hydrogens (tertiary/aromatic N) is 3. The minimum atomic E-state index is -3.62. The highest BCUT2D eigenvalue weighted by molar-refractivity contribution is 7.92. The number of amides is 1. The van der Waals surface area contributed by atoms with Crippen LogP contribution in [0.3, 0.4) is 0 Å². The Labute approximate surface area is 170 Å². The van der Waals surface area contributed by atoms with Gasteiger partial charge < -0.3 is 9.42 Å². The predicted molar refractivity (Wildman–Crippen MR) is 112 cm³/mol. The third-order valence-corrected chi connectivity index (χ3v) is 5.56. The van der Waals surface area contributed by atoms with Crippen LogP contribution in [0.1, 0.15) is 11.3 Å². The zero-order valence-electron chi connectivity index (χ0n) is 16.6. The quantitative estimate of drug-likeness (QED) is 0.594. The van der Waals surface area contributed by atoms with Crippen molar-refractivity contribution in [1.82, 2.24) is 10.1 Å². The predicted octanol–water partition coefficient (Wildman–Crippen LogP) is 3.07. The largest absolute Gasteiger partial charge is 0.359 e. The van der Waals surface area contributed by atoms with E-state index in [0.717, 1.165) is 21.7 Å². The van der Waals surface area contributed by atoms with Crippen molar-refractivity contribution >= 4 is 21.6 Å². The van der Waals surface area contributed by atoms with Crippen LogP contribution in [0.15, 0.2) is 65.2 Å². The first-order chi connectivity index (χ1) is 13.7. The van der Waals surface area contributed by atoms with Gasteiger partial charge in [-0.3, -0.25) is 9.10 Å². The number of aromatic nitrogens is 1. The van der Waals surface area contributed by atoms with Crippen molar-refractivity contribution in [2.24, 2.45) is 0 Å². The fourth-order valence-corrected chi connectivity index (χ4v) is 3.72. The lowest BCUT2D eigenvalue weighted by Gasteiger charge is -2.25. The van der Waals surface area contributed by atoms with E-state index in [0.29, 0.717) is 17.1 Å². The van der Waals surface area contributed by atoms with Crippen molar-refractivity contribution in [3.05, 3.63) is 72.0 Å². The number of rotatable bonds is 7. The van der Waals surface area contributed by atoms with Crippen LogP contribution in [0.25, 0.3) is 11.3 Å². The van der Waals surface area contributed by atoms with Crippen molar-refractivity contribution < 1.29 is 17.7 Å². The standard InChI is InChI=1S/C21H23N3O4S/c1-16-8-7-11-18(12-16)24(29(3,26)27)15-21(25)23(2)14-19-13-20(22-28-19)17-9-5-4-6-10-17/h4-13H,14-15H2,1-3H3. The number of anilines is 1. The molecular formula is C21H23N3O4S. The zero-order chi connectivity index (χ0) is 21.0. The molecule has 0 fully saturated rings. The molecule has 0 saturated heterocycles. The van der Waals surface area contributed by atoms with E-state index in [4.69, 9.17) is 4.52 Å². The SMILES string of the molecule is Cc1cccc(N(CC(=O)N(C)Cc2cc(-c3ccccc3)no2)S(C)(=O)=O)c1. The minimum Gasteiger partial charge on any atom is -0.359 e. The fourth-order valence-electron chi connectivity index (χ4n) is 2.88. The van der Waals surface area contributed by atoms with E-state index in [2.05, 4.69) is 5.16 Å². The van der Waals surface area contributed by atoms with Gasteiger partial charge in [0.2, 0.25) is 15.9 Å². The molecule has 0 N–H and O–H groups in total. The molecule has 152 valence electrons. The summed E-state index contributed by atoms with van der Waals surface area (Å²) in [6.45, 7) is 1.76. The maximum Gasteiger partial charge on any atom is 0.243 e. The lowest BCUT2D eigenvalue weighted by Crippen LogP contribution is -2.41. The molecule has 1 amide bonds. The summed E-state index contributed by atoms with van der Waals surface area (Å²) in [5, 5.41) is 4.04. The van der Waals surface area contributed by atoms with E-state index in [1.807, 2.05) is 43.3 Å². The van der Waals surface area contributed by atoms with Crippen molar-refractivity contribution in [1.29, 1.82) is 0 Å². The molecular weight excluding hydrogens is 390 g/mol. The molecule has 0 atom stereocenters. The van der Waals surface area contributed by atoms with E-state index in [-0.39, 0.29) is 19.0 Å². The molecule has 1 aromatic heterocycles. The molecule has 3 aromatic rings. The van der Waals surface area contributed by atoms with Crippen LogP contribution in [0.4, 0.5) is 5.69 Å². The molecule has 7 nitrogen and oxygen atoms in total. The Morgan fingerprint density at radius 2 is 1.79 bits per heavy atom. The fraction of sp³-hybridized carbons (Fsp3) is 0.238. The van der Waals surface area contributed by atoms with Gasteiger partial charge in [-0.05, 0) is 24.6 Å². The average Bonchev–Trinajstić information content (AvgIpc) is 3.14. The van der Waals surface area contributed by atoms with Gasteiger partial charge in [0.25, 0.3) is 0 Å². The van der Waals surface area contributed by atoms with Crippen LogP contribution in [-0.2, 0) is 21.4 Å². The van der Waals surface area contributed by atoms with Crippen molar-refractivity contribution in [2.45, 2.75) is 13.5 Å². The van der Waals surface area contributed by atoms with Gasteiger partial charge in [-0.15, -0.1) is 0 Å². The summed E-state index contributed by atoms with van der Waals surface area (Å²) in [6, 6.07) is 18.4. The first-order valence-corrected chi connectivity index (χ1v) is 10.9.